The van der Waals surface area contributed by atoms with Crippen LogP contribution in [0, 0.1) is 12.8 Å². The molecule has 40 heavy (non-hydrogen) atoms. The summed E-state index contributed by atoms with van der Waals surface area (Å²) in [5.74, 6) is 1.02. The van der Waals surface area contributed by atoms with Crippen molar-refractivity contribution in [2.45, 2.75) is 32.6 Å². The summed E-state index contributed by atoms with van der Waals surface area (Å²) in [6, 6.07) is 15.7. The molecule has 3 aromatic rings. The topological polar surface area (TPSA) is 88.9 Å². The van der Waals surface area contributed by atoms with E-state index in [1.165, 1.54) is 0 Å². The maximum Gasteiger partial charge on any atom is 0.246 e. The highest BCUT2D eigenvalue weighted by atomic mass is 16.5. The first-order valence-electron chi connectivity index (χ1n) is 14.2. The fraction of sp³-hybridized carbons (Fsp3) is 0.452. The summed E-state index contributed by atoms with van der Waals surface area (Å²) in [6.07, 6.45) is 5.86. The zero-order chi connectivity index (χ0) is 27.9. The van der Waals surface area contributed by atoms with Crippen LogP contribution in [0.4, 0.5) is 5.95 Å². The number of nitrogens with one attached hydrogen (secondary N) is 1. The van der Waals surface area contributed by atoms with Gasteiger partial charge >= 0.3 is 0 Å². The number of nitrogens with zero attached hydrogens (tertiary/aromatic N) is 4. The van der Waals surface area contributed by atoms with Gasteiger partial charge in [0.2, 0.25) is 17.8 Å². The van der Waals surface area contributed by atoms with Gasteiger partial charge in [0.15, 0.2) is 0 Å². The Kier molecular flexibility index (Phi) is 9.13. The number of morpholine rings is 1. The Hall–Kier alpha value is -3.69. The molecular weight excluding hydrogens is 506 g/mol. The van der Waals surface area contributed by atoms with E-state index in [0.29, 0.717) is 25.7 Å². The minimum atomic E-state index is -0.256. The Labute approximate surface area is 236 Å². The Morgan fingerprint density at radius 1 is 1.05 bits per heavy atom. The normalized spacial score (nSPS) is 16.1. The van der Waals surface area contributed by atoms with Crippen LogP contribution < -0.4 is 10.1 Å². The van der Waals surface area contributed by atoms with E-state index >= 15 is 0 Å². The van der Waals surface area contributed by atoms with Gasteiger partial charge in [-0.2, -0.15) is 0 Å². The van der Waals surface area contributed by atoms with Crippen LogP contribution in [0.25, 0.3) is 16.9 Å². The number of imidazole rings is 1. The van der Waals surface area contributed by atoms with Crippen molar-refractivity contribution < 1.29 is 19.1 Å². The number of benzene rings is 2. The molecule has 0 spiro atoms. The molecule has 9 nitrogen and oxygen atoms in total. The molecule has 1 aliphatic heterocycles. The monoisotopic (exact) mass is 545 g/mol. The zero-order valence-corrected chi connectivity index (χ0v) is 23.5. The van der Waals surface area contributed by atoms with Crippen molar-refractivity contribution in [3.63, 3.8) is 0 Å². The summed E-state index contributed by atoms with van der Waals surface area (Å²) in [5, 5.41) is 3.01. The van der Waals surface area contributed by atoms with Crippen molar-refractivity contribution in [1.82, 2.24) is 19.4 Å². The van der Waals surface area contributed by atoms with E-state index in [1.807, 2.05) is 66.2 Å². The second-order valence-corrected chi connectivity index (χ2v) is 10.6. The maximum absolute atomic E-state index is 13.5. The first-order chi connectivity index (χ1) is 19.5. The van der Waals surface area contributed by atoms with Gasteiger partial charge in [0.25, 0.3) is 0 Å². The molecule has 2 fully saturated rings. The number of methoxy groups -OCH3 is 1. The number of carbonyl (C=O) groups excluding carboxylic acids is 2. The van der Waals surface area contributed by atoms with E-state index in [1.54, 1.807) is 12.0 Å². The quantitative estimate of drug-likeness (QED) is 0.412. The number of aryl methyl sites for hydroxylation is 1. The maximum atomic E-state index is 13.5. The first-order valence-corrected chi connectivity index (χ1v) is 14.2. The van der Waals surface area contributed by atoms with Crippen LogP contribution in [-0.4, -0.2) is 84.2 Å². The fourth-order valence-electron chi connectivity index (χ4n) is 5.39. The molecule has 1 N–H and O–H groups in total. The smallest absolute Gasteiger partial charge is 0.246 e. The molecule has 2 amide bonds. The van der Waals surface area contributed by atoms with Gasteiger partial charge in [-0.3, -0.25) is 24.4 Å². The fourth-order valence-corrected chi connectivity index (χ4v) is 5.39. The highest BCUT2D eigenvalue weighted by molar-refractivity contribution is 5.94. The SMILES string of the molecule is COc1ccc(-c2cn(-c3ccc(C)cc3)c(NC(=O)CN(CCN3CCOCC3)C(=O)C3CCCC3)n2)cc1. The van der Waals surface area contributed by atoms with Gasteiger partial charge in [-0.25, -0.2) is 4.98 Å². The molecular formula is C31H39N5O4. The van der Waals surface area contributed by atoms with Crippen LogP contribution in [-0.2, 0) is 14.3 Å². The molecule has 1 saturated heterocycles. The van der Waals surface area contributed by atoms with E-state index in [0.717, 1.165) is 73.6 Å². The molecule has 2 aromatic carbocycles. The third-order valence-corrected chi connectivity index (χ3v) is 7.80. The second kappa shape index (κ2) is 13.1. The van der Waals surface area contributed by atoms with Gasteiger partial charge in [-0.05, 0) is 56.2 Å². The predicted octanol–water partition coefficient (Wildman–Crippen LogP) is 4.15. The molecule has 2 heterocycles. The Bertz CT molecular complexity index is 1280. The van der Waals surface area contributed by atoms with E-state index in [9.17, 15) is 9.59 Å². The predicted molar refractivity (Wildman–Crippen MR) is 155 cm³/mol. The first kappa shape index (κ1) is 27.9. The molecule has 5 rings (SSSR count). The highest BCUT2D eigenvalue weighted by Crippen LogP contribution is 2.28. The number of hydrogen-bond donors (Lipinski definition) is 1. The van der Waals surface area contributed by atoms with Gasteiger partial charge in [0.1, 0.15) is 5.75 Å². The number of amides is 2. The van der Waals surface area contributed by atoms with Gasteiger partial charge in [-0.1, -0.05) is 30.5 Å². The minimum Gasteiger partial charge on any atom is -0.497 e. The van der Waals surface area contributed by atoms with Gasteiger partial charge < -0.3 is 14.4 Å². The van der Waals surface area contributed by atoms with Crippen LogP contribution in [0.5, 0.6) is 5.75 Å². The van der Waals surface area contributed by atoms with Crippen molar-refractivity contribution in [1.29, 1.82) is 0 Å². The molecule has 1 saturated carbocycles. The third kappa shape index (κ3) is 6.89. The van der Waals surface area contributed by atoms with Gasteiger partial charge in [-0.15, -0.1) is 0 Å². The van der Waals surface area contributed by atoms with Crippen LogP contribution in [0.3, 0.4) is 0 Å². The van der Waals surface area contributed by atoms with E-state index in [-0.39, 0.29) is 24.3 Å². The molecule has 212 valence electrons. The van der Waals surface area contributed by atoms with E-state index in [2.05, 4.69) is 10.2 Å². The molecule has 0 radical (unpaired) electrons. The van der Waals surface area contributed by atoms with Crippen molar-refractivity contribution in [2.75, 3.05) is 58.4 Å². The summed E-state index contributed by atoms with van der Waals surface area (Å²) >= 11 is 0. The number of rotatable bonds is 10. The highest BCUT2D eigenvalue weighted by Gasteiger charge is 2.29. The summed E-state index contributed by atoms with van der Waals surface area (Å²) in [4.78, 5) is 35.7. The standard InChI is InChI=1S/C31H39N5O4/c1-23-7-11-26(12-8-23)36-21-28(24-9-13-27(39-2)14-10-24)32-31(36)33-29(37)22-35(30(38)25-5-3-4-6-25)16-15-34-17-19-40-20-18-34/h7-14,21,25H,3-6,15-20,22H2,1-2H3,(H,32,33,37). The molecule has 0 unspecified atom stereocenters. The van der Waals surface area contributed by atoms with Crippen LogP contribution in [0.2, 0.25) is 0 Å². The number of hydrogen-bond acceptors (Lipinski definition) is 6. The van der Waals surface area contributed by atoms with Crippen molar-refractivity contribution >= 4 is 17.8 Å². The summed E-state index contributed by atoms with van der Waals surface area (Å²) < 4.78 is 12.6. The lowest BCUT2D eigenvalue weighted by atomic mass is 10.1. The lowest BCUT2D eigenvalue weighted by Crippen LogP contribution is -2.46. The zero-order valence-electron chi connectivity index (χ0n) is 23.5. The number of aromatic nitrogens is 2. The lowest BCUT2D eigenvalue weighted by molar-refractivity contribution is -0.138. The Balaban J connectivity index is 1.35. The van der Waals surface area contributed by atoms with Crippen LogP contribution >= 0.6 is 0 Å². The molecule has 9 heteroatoms. The average Bonchev–Trinajstić information content (AvgIpc) is 3.67. The van der Waals surface area contributed by atoms with Crippen LogP contribution in [0.1, 0.15) is 31.2 Å². The molecule has 0 atom stereocenters. The number of anilines is 1. The Morgan fingerprint density at radius 2 is 1.75 bits per heavy atom. The largest absolute Gasteiger partial charge is 0.497 e. The molecule has 0 bridgehead atoms. The second-order valence-electron chi connectivity index (χ2n) is 10.6. The molecule has 1 aliphatic carbocycles. The van der Waals surface area contributed by atoms with E-state index in [4.69, 9.17) is 14.5 Å². The summed E-state index contributed by atoms with van der Waals surface area (Å²) in [6.45, 7) is 6.39. The Morgan fingerprint density at radius 3 is 2.42 bits per heavy atom. The minimum absolute atomic E-state index is 0.00169. The molecule has 1 aromatic heterocycles. The number of carbonyl (C=O) groups is 2. The number of ether oxygens (including phenoxy) is 2. The molecule has 2 aliphatic rings. The lowest BCUT2D eigenvalue weighted by Gasteiger charge is -2.31. The van der Waals surface area contributed by atoms with Crippen molar-refractivity contribution in [3.8, 4) is 22.7 Å². The van der Waals surface area contributed by atoms with Crippen LogP contribution in [0.15, 0.2) is 54.7 Å². The van der Waals surface area contributed by atoms with Gasteiger partial charge in [0.05, 0.1) is 32.6 Å². The van der Waals surface area contributed by atoms with Crippen molar-refractivity contribution in [3.05, 3.63) is 60.3 Å². The average molecular weight is 546 g/mol. The summed E-state index contributed by atoms with van der Waals surface area (Å²) in [5.41, 5.74) is 3.67. The van der Waals surface area contributed by atoms with Gasteiger partial charge in [0, 0.05) is 49.5 Å². The summed E-state index contributed by atoms with van der Waals surface area (Å²) in [7, 11) is 1.64. The van der Waals surface area contributed by atoms with E-state index < -0.39 is 0 Å². The third-order valence-electron chi connectivity index (χ3n) is 7.80. The van der Waals surface area contributed by atoms with Crippen molar-refractivity contribution in [2.24, 2.45) is 5.92 Å².